The number of aromatic nitrogens is 2. The van der Waals surface area contributed by atoms with Crippen molar-refractivity contribution in [2.24, 2.45) is 0 Å². The molecule has 0 saturated carbocycles. The van der Waals surface area contributed by atoms with Gasteiger partial charge in [0.15, 0.2) is 0 Å². The Morgan fingerprint density at radius 2 is 2.09 bits per heavy atom. The highest BCUT2D eigenvalue weighted by atomic mass is 32.2. The molecule has 0 aliphatic carbocycles. The molecular weight excluding hydrogens is 334 g/mol. The van der Waals surface area contributed by atoms with E-state index in [1.54, 1.807) is 24.5 Å². The second-order valence-corrected chi connectivity index (χ2v) is 8.08. The van der Waals surface area contributed by atoms with Crippen molar-refractivity contribution in [1.82, 2.24) is 13.3 Å². The lowest BCUT2D eigenvalue weighted by Gasteiger charge is -2.25. The highest BCUT2D eigenvalue weighted by Gasteiger charge is 2.31. The van der Waals surface area contributed by atoms with Crippen molar-refractivity contribution in [2.75, 3.05) is 20.7 Å². The van der Waals surface area contributed by atoms with Gasteiger partial charge in [0.1, 0.15) is 11.9 Å². The summed E-state index contributed by atoms with van der Waals surface area (Å²) in [6, 6.07) is 2.00. The number of hydrogen-bond acceptors (Lipinski definition) is 5. The molecule has 0 fully saturated rings. The zero-order valence-electron chi connectivity index (χ0n) is 14.1. The first-order valence-corrected chi connectivity index (χ1v) is 9.85. The molecule has 2 aromatic rings. The van der Waals surface area contributed by atoms with E-state index in [1.807, 2.05) is 25.3 Å². The minimum atomic E-state index is -3.62. The van der Waals surface area contributed by atoms with Crippen molar-refractivity contribution in [2.45, 2.75) is 33.3 Å². The molecule has 1 atom stereocenters. The first kappa shape index (κ1) is 18.1. The van der Waals surface area contributed by atoms with E-state index in [0.717, 1.165) is 12.0 Å². The minimum absolute atomic E-state index is 0.379. The van der Waals surface area contributed by atoms with E-state index in [4.69, 9.17) is 4.74 Å². The molecule has 0 radical (unpaired) electrons. The fraction of sp³-hybridized carbons (Fsp3) is 0.533. The molecule has 1 aliphatic rings. The van der Waals surface area contributed by atoms with Crippen LogP contribution in [0, 0.1) is 6.92 Å². The van der Waals surface area contributed by atoms with Gasteiger partial charge in [-0.3, -0.25) is 0 Å². The molecular formula is C15H23N3O3S2. The van der Waals surface area contributed by atoms with Crippen molar-refractivity contribution in [3.63, 3.8) is 0 Å². The van der Waals surface area contributed by atoms with Gasteiger partial charge in [0, 0.05) is 31.0 Å². The van der Waals surface area contributed by atoms with Crippen LogP contribution in [0.25, 0.3) is 0 Å². The van der Waals surface area contributed by atoms with Crippen LogP contribution in [-0.2, 0) is 21.4 Å². The van der Waals surface area contributed by atoms with E-state index in [0.29, 0.717) is 18.1 Å². The van der Waals surface area contributed by atoms with Crippen LogP contribution in [0.4, 0.5) is 0 Å². The van der Waals surface area contributed by atoms with Gasteiger partial charge in [-0.05, 0) is 18.4 Å². The van der Waals surface area contributed by atoms with Crippen LogP contribution in [0.2, 0.25) is 0 Å². The smallest absolute Gasteiger partial charge is 0.308 e. The van der Waals surface area contributed by atoms with Gasteiger partial charge in [-0.15, -0.1) is 11.3 Å². The highest BCUT2D eigenvalue weighted by molar-refractivity contribution is 7.87. The standard InChI is InChI=1S/C13H17N3O3S2.C2H6/c1-9-14-8-11(16(9)21(17,18)15(2)3)13-10-5-7-20-12(10)4-6-19-13;1-2/h5,7-8,13H,4,6H2,1-3H3;1-2H3. The quantitative estimate of drug-likeness (QED) is 0.847. The van der Waals surface area contributed by atoms with Gasteiger partial charge in [0.2, 0.25) is 0 Å². The number of aryl methyl sites for hydroxylation is 1. The van der Waals surface area contributed by atoms with Crippen molar-refractivity contribution in [3.05, 3.63) is 39.6 Å². The SMILES string of the molecule is CC.Cc1ncc(C2OCCc3sccc32)n1S(=O)(=O)N(C)C. The molecule has 23 heavy (non-hydrogen) atoms. The molecule has 0 bridgehead atoms. The summed E-state index contributed by atoms with van der Waals surface area (Å²) in [5.41, 5.74) is 1.60. The molecule has 6 nitrogen and oxygen atoms in total. The van der Waals surface area contributed by atoms with Crippen LogP contribution < -0.4 is 0 Å². The maximum atomic E-state index is 12.5. The fourth-order valence-electron chi connectivity index (χ4n) is 2.48. The summed E-state index contributed by atoms with van der Waals surface area (Å²) in [7, 11) is -0.598. The van der Waals surface area contributed by atoms with Crippen LogP contribution in [0.1, 0.15) is 41.9 Å². The second kappa shape index (κ2) is 7.12. The molecule has 3 heterocycles. The van der Waals surface area contributed by atoms with Gasteiger partial charge in [0.05, 0.1) is 18.5 Å². The molecule has 1 aliphatic heterocycles. The molecule has 0 aromatic carbocycles. The van der Waals surface area contributed by atoms with Crippen molar-refractivity contribution < 1.29 is 13.2 Å². The van der Waals surface area contributed by atoms with Crippen LogP contribution in [-0.4, -0.2) is 42.4 Å². The minimum Gasteiger partial charge on any atom is -0.367 e. The van der Waals surface area contributed by atoms with Crippen LogP contribution >= 0.6 is 11.3 Å². The summed E-state index contributed by atoms with van der Waals surface area (Å²) in [4.78, 5) is 5.43. The molecule has 2 aromatic heterocycles. The Hall–Kier alpha value is -1.22. The molecule has 0 saturated heterocycles. The number of fused-ring (bicyclic) bond motifs is 1. The predicted molar refractivity (Wildman–Crippen MR) is 92.1 cm³/mol. The average Bonchev–Trinajstić information content (AvgIpc) is 3.15. The molecule has 0 amide bonds. The molecule has 0 N–H and O–H groups in total. The van der Waals surface area contributed by atoms with Crippen molar-refractivity contribution in [3.8, 4) is 0 Å². The fourth-order valence-corrected chi connectivity index (χ4v) is 4.49. The van der Waals surface area contributed by atoms with Gasteiger partial charge in [0.25, 0.3) is 0 Å². The predicted octanol–water partition coefficient (Wildman–Crippen LogP) is 2.60. The van der Waals surface area contributed by atoms with Crippen LogP contribution in [0.15, 0.2) is 17.6 Å². The normalized spacial score (nSPS) is 17.6. The zero-order valence-corrected chi connectivity index (χ0v) is 15.7. The van der Waals surface area contributed by atoms with Crippen molar-refractivity contribution >= 4 is 21.5 Å². The summed E-state index contributed by atoms with van der Waals surface area (Å²) < 4.78 is 33.3. The number of thiophene rings is 1. The molecule has 1 unspecified atom stereocenters. The topological polar surface area (TPSA) is 64.4 Å². The third-order valence-corrected chi connectivity index (χ3v) is 6.40. The average molecular weight is 358 g/mol. The van der Waals surface area contributed by atoms with E-state index in [2.05, 4.69) is 4.98 Å². The Kier molecular flexibility index (Phi) is 5.61. The lowest BCUT2D eigenvalue weighted by Crippen LogP contribution is -2.32. The number of rotatable bonds is 3. The number of hydrogen-bond donors (Lipinski definition) is 0. The van der Waals surface area contributed by atoms with Gasteiger partial charge in [-0.25, -0.2) is 8.96 Å². The number of ether oxygens (including phenoxy) is 1. The summed E-state index contributed by atoms with van der Waals surface area (Å²) in [5, 5.41) is 2.01. The maximum Gasteiger partial charge on any atom is 0.308 e. The molecule has 3 rings (SSSR count). The van der Waals surface area contributed by atoms with Crippen LogP contribution in [0.5, 0.6) is 0 Å². The van der Waals surface area contributed by atoms with E-state index in [1.165, 1.54) is 27.3 Å². The van der Waals surface area contributed by atoms with Gasteiger partial charge in [-0.1, -0.05) is 13.8 Å². The summed E-state index contributed by atoms with van der Waals surface area (Å²) >= 11 is 1.68. The Morgan fingerprint density at radius 3 is 2.74 bits per heavy atom. The summed E-state index contributed by atoms with van der Waals surface area (Å²) in [5.74, 6) is 0.435. The van der Waals surface area contributed by atoms with Gasteiger partial charge in [-0.2, -0.15) is 12.7 Å². The Labute approximate surface area is 141 Å². The first-order chi connectivity index (χ1) is 10.9. The highest BCUT2D eigenvalue weighted by Crippen LogP contribution is 2.36. The lowest BCUT2D eigenvalue weighted by atomic mass is 10.0. The summed E-state index contributed by atoms with van der Waals surface area (Å²) in [6.45, 7) is 6.27. The lowest BCUT2D eigenvalue weighted by molar-refractivity contribution is 0.0677. The number of nitrogens with zero attached hydrogens (tertiary/aromatic N) is 3. The Morgan fingerprint density at radius 1 is 1.39 bits per heavy atom. The largest absolute Gasteiger partial charge is 0.367 e. The van der Waals surface area contributed by atoms with Crippen LogP contribution in [0.3, 0.4) is 0 Å². The number of imidazole rings is 1. The molecule has 0 spiro atoms. The third kappa shape index (κ3) is 3.21. The van der Waals surface area contributed by atoms with E-state index in [-0.39, 0.29) is 6.10 Å². The first-order valence-electron chi connectivity index (χ1n) is 7.58. The van der Waals surface area contributed by atoms with Crippen molar-refractivity contribution in [1.29, 1.82) is 0 Å². The maximum absolute atomic E-state index is 12.5. The monoisotopic (exact) mass is 357 g/mol. The Bertz CT molecular complexity index is 763. The third-order valence-electron chi connectivity index (χ3n) is 3.55. The van der Waals surface area contributed by atoms with E-state index < -0.39 is 10.2 Å². The summed E-state index contributed by atoms with van der Waals surface area (Å²) in [6.07, 6.45) is 2.08. The zero-order chi connectivity index (χ0) is 17.2. The molecule has 128 valence electrons. The van der Waals surface area contributed by atoms with Gasteiger partial charge < -0.3 is 4.74 Å². The second-order valence-electron chi connectivity index (χ2n) is 5.08. The Balaban J connectivity index is 0.000000924. The van der Waals surface area contributed by atoms with Gasteiger partial charge >= 0.3 is 10.2 Å². The van der Waals surface area contributed by atoms with E-state index >= 15 is 0 Å². The molecule has 8 heteroatoms. The van der Waals surface area contributed by atoms with E-state index in [9.17, 15) is 8.42 Å².